The van der Waals surface area contributed by atoms with Gasteiger partial charge in [-0.05, 0) is 54.6 Å². The minimum atomic E-state index is -0.289. The summed E-state index contributed by atoms with van der Waals surface area (Å²) in [4.78, 5) is 25.2. The molecule has 0 aliphatic carbocycles. The second-order valence-corrected chi connectivity index (χ2v) is 8.37. The number of thioether (sulfide) groups is 1. The Hall–Kier alpha value is -3.76. The Balaban J connectivity index is 1.44. The lowest BCUT2D eigenvalue weighted by Crippen LogP contribution is -2.15. The quantitative estimate of drug-likeness (QED) is 0.348. The summed E-state index contributed by atoms with van der Waals surface area (Å²) in [5.41, 5.74) is 2.08. The summed E-state index contributed by atoms with van der Waals surface area (Å²) in [6.45, 7) is 0. The van der Waals surface area contributed by atoms with Crippen molar-refractivity contribution >= 4 is 52.2 Å². The van der Waals surface area contributed by atoms with Crippen LogP contribution in [0, 0.1) is 0 Å². The van der Waals surface area contributed by atoms with Crippen LogP contribution >= 0.6 is 23.4 Å². The molecule has 174 valence electrons. The Kier molecular flexibility index (Phi) is 7.19. The number of aromatic nitrogens is 3. The van der Waals surface area contributed by atoms with Gasteiger partial charge in [0.05, 0.1) is 31.2 Å². The molecule has 4 aromatic rings. The van der Waals surface area contributed by atoms with E-state index in [4.69, 9.17) is 21.1 Å². The van der Waals surface area contributed by atoms with E-state index in [2.05, 4.69) is 20.8 Å². The minimum Gasteiger partial charge on any atom is -0.497 e. The zero-order valence-electron chi connectivity index (χ0n) is 18.2. The van der Waals surface area contributed by atoms with Gasteiger partial charge in [0.25, 0.3) is 5.91 Å². The largest absolute Gasteiger partial charge is 0.497 e. The number of halogens is 1. The molecule has 0 spiro atoms. The van der Waals surface area contributed by atoms with E-state index >= 15 is 0 Å². The first-order valence-electron chi connectivity index (χ1n) is 10.0. The summed E-state index contributed by atoms with van der Waals surface area (Å²) in [6.07, 6.45) is 1.63. The summed E-state index contributed by atoms with van der Waals surface area (Å²) in [5, 5.41) is 14.8. The SMILES string of the molecule is COc1ccc(NC(=O)c2ccc3nnc(SCC(=O)Nc4cc(Cl)ccc4OC)n3c2)cc1. The molecule has 0 radical (unpaired) electrons. The maximum Gasteiger partial charge on any atom is 0.257 e. The number of nitrogens with zero attached hydrogens (tertiary/aromatic N) is 3. The van der Waals surface area contributed by atoms with Crippen LogP contribution in [0.3, 0.4) is 0 Å². The number of rotatable bonds is 8. The summed E-state index contributed by atoms with van der Waals surface area (Å²) in [7, 11) is 3.09. The standard InChI is InChI=1S/C23H20ClN5O4S/c1-32-17-7-5-16(6-8-17)25-22(31)14-3-10-20-27-28-23(29(20)12-14)34-13-21(30)26-18-11-15(24)4-9-19(18)33-2/h3-12H,13H2,1-2H3,(H,25,31)(H,26,30). The average Bonchev–Trinajstić information content (AvgIpc) is 3.25. The fourth-order valence-corrected chi connectivity index (χ4v) is 3.96. The van der Waals surface area contributed by atoms with Crippen LogP contribution in [0.4, 0.5) is 11.4 Å². The first kappa shape index (κ1) is 23.4. The Bertz CT molecular complexity index is 1340. The van der Waals surface area contributed by atoms with Crippen molar-refractivity contribution in [1.29, 1.82) is 0 Å². The molecule has 0 bridgehead atoms. The number of hydrogen-bond donors (Lipinski definition) is 2. The number of hydrogen-bond acceptors (Lipinski definition) is 7. The molecule has 2 heterocycles. The van der Waals surface area contributed by atoms with Crippen molar-refractivity contribution in [2.75, 3.05) is 30.6 Å². The van der Waals surface area contributed by atoms with Crippen molar-refractivity contribution in [3.63, 3.8) is 0 Å². The Morgan fingerprint density at radius 2 is 1.79 bits per heavy atom. The normalized spacial score (nSPS) is 10.7. The number of pyridine rings is 1. The molecule has 2 N–H and O–H groups in total. The predicted octanol–water partition coefficient (Wildman–Crippen LogP) is 4.38. The molecule has 9 nitrogen and oxygen atoms in total. The molecule has 0 saturated carbocycles. The molecule has 2 amide bonds. The van der Waals surface area contributed by atoms with E-state index in [1.54, 1.807) is 72.3 Å². The number of carbonyl (C=O) groups is 2. The summed E-state index contributed by atoms with van der Waals surface area (Å²) in [6, 6.07) is 15.3. The molecule has 4 rings (SSSR count). The van der Waals surface area contributed by atoms with E-state index in [0.29, 0.717) is 44.3 Å². The van der Waals surface area contributed by atoms with Gasteiger partial charge in [-0.15, -0.1) is 10.2 Å². The van der Waals surface area contributed by atoms with Gasteiger partial charge in [0.2, 0.25) is 5.91 Å². The summed E-state index contributed by atoms with van der Waals surface area (Å²) in [5.74, 6) is 0.712. The number of ether oxygens (including phenoxy) is 2. The van der Waals surface area contributed by atoms with Crippen LogP contribution in [-0.4, -0.2) is 46.4 Å². The van der Waals surface area contributed by atoms with Gasteiger partial charge in [-0.1, -0.05) is 23.4 Å². The van der Waals surface area contributed by atoms with Gasteiger partial charge in [0.15, 0.2) is 10.8 Å². The van der Waals surface area contributed by atoms with Crippen molar-refractivity contribution in [2.24, 2.45) is 0 Å². The first-order chi connectivity index (χ1) is 16.5. The van der Waals surface area contributed by atoms with Crippen LogP contribution in [0.1, 0.15) is 10.4 Å². The third-order valence-electron chi connectivity index (χ3n) is 4.75. The van der Waals surface area contributed by atoms with Crippen molar-refractivity contribution in [2.45, 2.75) is 5.16 Å². The van der Waals surface area contributed by atoms with Gasteiger partial charge in [-0.2, -0.15) is 0 Å². The lowest BCUT2D eigenvalue weighted by atomic mass is 10.2. The third kappa shape index (κ3) is 5.41. The van der Waals surface area contributed by atoms with Crippen molar-refractivity contribution in [3.05, 3.63) is 71.4 Å². The van der Waals surface area contributed by atoms with Crippen LogP contribution in [0.15, 0.2) is 66.0 Å². The lowest BCUT2D eigenvalue weighted by molar-refractivity contribution is -0.113. The van der Waals surface area contributed by atoms with E-state index in [1.807, 2.05) is 0 Å². The van der Waals surface area contributed by atoms with Crippen molar-refractivity contribution < 1.29 is 19.1 Å². The van der Waals surface area contributed by atoms with E-state index < -0.39 is 0 Å². The molecule has 2 aromatic carbocycles. The second kappa shape index (κ2) is 10.4. The molecule has 11 heteroatoms. The number of anilines is 2. The van der Waals surface area contributed by atoms with E-state index in [0.717, 1.165) is 0 Å². The Labute approximate surface area is 204 Å². The molecular formula is C23H20ClN5O4S. The summed E-state index contributed by atoms with van der Waals surface area (Å²) >= 11 is 7.20. The molecule has 0 aliphatic heterocycles. The molecule has 0 fully saturated rings. The molecule has 0 saturated heterocycles. The zero-order valence-corrected chi connectivity index (χ0v) is 19.8. The number of benzene rings is 2. The summed E-state index contributed by atoms with van der Waals surface area (Å²) < 4.78 is 12.0. The highest BCUT2D eigenvalue weighted by molar-refractivity contribution is 7.99. The lowest BCUT2D eigenvalue weighted by Gasteiger charge is -2.10. The van der Waals surface area contributed by atoms with Gasteiger partial charge in [0, 0.05) is 16.9 Å². The van der Waals surface area contributed by atoms with Gasteiger partial charge in [-0.3, -0.25) is 14.0 Å². The predicted molar refractivity (Wildman–Crippen MR) is 131 cm³/mol. The average molecular weight is 498 g/mol. The molecule has 34 heavy (non-hydrogen) atoms. The molecule has 0 atom stereocenters. The first-order valence-corrected chi connectivity index (χ1v) is 11.4. The van der Waals surface area contributed by atoms with Crippen LogP contribution in [0.25, 0.3) is 5.65 Å². The zero-order chi connectivity index (χ0) is 24.1. The van der Waals surface area contributed by atoms with E-state index in [-0.39, 0.29) is 17.6 Å². The maximum absolute atomic E-state index is 12.7. The second-order valence-electron chi connectivity index (χ2n) is 6.99. The van der Waals surface area contributed by atoms with Gasteiger partial charge in [0.1, 0.15) is 11.5 Å². The number of methoxy groups -OCH3 is 2. The Morgan fingerprint density at radius 1 is 1.00 bits per heavy atom. The maximum atomic E-state index is 12.7. The number of carbonyl (C=O) groups excluding carboxylic acids is 2. The molecule has 0 aliphatic rings. The van der Waals surface area contributed by atoms with E-state index in [1.165, 1.54) is 18.9 Å². The topological polar surface area (TPSA) is 107 Å². The molecule has 0 unspecified atom stereocenters. The van der Waals surface area contributed by atoms with Crippen LogP contribution in [-0.2, 0) is 4.79 Å². The fourth-order valence-electron chi connectivity index (χ4n) is 3.07. The molecule has 2 aromatic heterocycles. The Morgan fingerprint density at radius 3 is 2.53 bits per heavy atom. The highest BCUT2D eigenvalue weighted by Gasteiger charge is 2.14. The fraction of sp³-hybridized carbons (Fsp3) is 0.130. The highest BCUT2D eigenvalue weighted by atomic mass is 35.5. The van der Waals surface area contributed by atoms with Crippen LogP contribution in [0.2, 0.25) is 5.02 Å². The van der Waals surface area contributed by atoms with Crippen LogP contribution in [0.5, 0.6) is 11.5 Å². The monoisotopic (exact) mass is 497 g/mol. The van der Waals surface area contributed by atoms with Crippen molar-refractivity contribution in [3.8, 4) is 11.5 Å². The molecular weight excluding hydrogens is 478 g/mol. The van der Waals surface area contributed by atoms with E-state index in [9.17, 15) is 9.59 Å². The highest BCUT2D eigenvalue weighted by Crippen LogP contribution is 2.28. The minimum absolute atomic E-state index is 0.0682. The van der Waals surface area contributed by atoms with Gasteiger partial charge < -0.3 is 20.1 Å². The smallest absolute Gasteiger partial charge is 0.257 e. The van der Waals surface area contributed by atoms with Crippen LogP contribution < -0.4 is 20.1 Å². The number of fused-ring (bicyclic) bond motifs is 1. The number of amides is 2. The van der Waals surface area contributed by atoms with Crippen molar-refractivity contribution in [1.82, 2.24) is 14.6 Å². The van der Waals surface area contributed by atoms with Gasteiger partial charge in [-0.25, -0.2) is 0 Å². The number of nitrogens with one attached hydrogen (secondary N) is 2. The third-order valence-corrected chi connectivity index (χ3v) is 5.93. The van der Waals surface area contributed by atoms with Gasteiger partial charge >= 0.3 is 0 Å².